The summed E-state index contributed by atoms with van der Waals surface area (Å²) in [5, 5.41) is 0. The fraction of sp³-hybridized carbons (Fsp3) is 0.736. The zero-order valence-electron chi connectivity index (χ0n) is 38.3. The van der Waals surface area contributed by atoms with Crippen LogP contribution in [-0.2, 0) is 23.8 Å². The molecule has 0 N–H and O–H groups in total. The summed E-state index contributed by atoms with van der Waals surface area (Å²) in [6.07, 6.45) is 61.9. The van der Waals surface area contributed by atoms with Crippen molar-refractivity contribution in [3.8, 4) is 0 Å². The van der Waals surface area contributed by atoms with Gasteiger partial charge in [-0.25, -0.2) is 0 Å². The molecule has 0 saturated carbocycles. The van der Waals surface area contributed by atoms with Gasteiger partial charge in [0.2, 0.25) is 0 Å². The van der Waals surface area contributed by atoms with Gasteiger partial charge in [-0.1, -0.05) is 184 Å². The second-order valence-electron chi connectivity index (χ2n) is 16.0. The van der Waals surface area contributed by atoms with Gasteiger partial charge in [-0.2, -0.15) is 0 Å². The average molecular weight is 809 g/mol. The quantitative estimate of drug-likeness (QED) is 0.0348. The molecule has 0 aliphatic rings. The van der Waals surface area contributed by atoms with Gasteiger partial charge in [0, 0.05) is 19.4 Å². The molecule has 0 heterocycles. The van der Waals surface area contributed by atoms with E-state index in [1.807, 2.05) is 0 Å². The maximum absolute atomic E-state index is 12.7. The molecule has 5 nitrogen and oxygen atoms in total. The van der Waals surface area contributed by atoms with Crippen LogP contribution in [0.1, 0.15) is 226 Å². The minimum Gasteiger partial charge on any atom is -0.462 e. The Kier molecular flexibility index (Phi) is 46.5. The van der Waals surface area contributed by atoms with Gasteiger partial charge >= 0.3 is 11.9 Å². The number of hydrogen-bond acceptors (Lipinski definition) is 5. The standard InChI is InChI=1S/C53H92O5/c1-4-7-10-13-16-19-22-24-26-28-30-33-36-39-42-45-48-56-49-51(58-53(55)47-44-41-38-35-31-21-18-15-12-9-6-3)50-57-52(54)46-43-40-37-34-32-29-27-25-23-20-17-14-11-8-5-2/h8,11,15-20,24-27,51H,4-7,9-10,12-14,21-23,28-50H2,1-3H3/b11-8-,18-15-,19-16-,20-17-,26-24-,27-25-. The van der Waals surface area contributed by atoms with E-state index in [0.29, 0.717) is 19.4 Å². The lowest BCUT2D eigenvalue weighted by Gasteiger charge is -2.18. The van der Waals surface area contributed by atoms with Crippen LogP contribution < -0.4 is 0 Å². The minimum absolute atomic E-state index is 0.0665. The monoisotopic (exact) mass is 809 g/mol. The number of esters is 2. The number of carbonyl (C=O) groups excluding carboxylic acids is 2. The Bertz CT molecular complexity index is 1050. The number of hydrogen-bond donors (Lipinski definition) is 0. The van der Waals surface area contributed by atoms with Gasteiger partial charge in [0.05, 0.1) is 6.61 Å². The van der Waals surface area contributed by atoms with Gasteiger partial charge in [0.15, 0.2) is 6.10 Å². The van der Waals surface area contributed by atoms with Crippen LogP contribution >= 0.6 is 0 Å². The van der Waals surface area contributed by atoms with Crippen molar-refractivity contribution in [2.24, 2.45) is 0 Å². The van der Waals surface area contributed by atoms with Crippen molar-refractivity contribution in [2.75, 3.05) is 19.8 Å². The van der Waals surface area contributed by atoms with Crippen molar-refractivity contribution in [3.05, 3.63) is 72.9 Å². The third-order valence-corrected chi connectivity index (χ3v) is 10.2. The highest BCUT2D eigenvalue weighted by molar-refractivity contribution is 5.70. The third-order valence-electron chi connectivity index (χ3n) is 10.2. The van der Waals surface area contributed by atoms with E-state index < -0.39 is 6.10 Å². The van der Waals surface area contributed by atoms with Crippen molar-refractivity contribution in [3.63, 3.8) is 0 Å². The van der Waals surface area contributed by atoms with Gasteiger partial charge in [0.25, 0.3) is 0 Å². The van der Waals surface area contributed by atoms with Gasteiger partial charge in [-0.15, -0.1) is 0 Å². The molecule has 1 unspecified atom stereocenters. The van der Waals surface area contributed by atoms with Crippen molar-refractivity contribution < 1.29 is 23.8 Å². The van der Waals surface area contributed by atoms with E-state index >= 15 is 0 Å². The molecule has 0 aliphatic heterocycles. The Morgan fingerprint density at radius 2 is 0.793 bits per heavy atom. The molecule has 0 amide bonds. The van der Waals surface area contributed by atoms with E-state index in [9.17, 15) is 9.59 Å². The number of unbranched alkanes of at least 4 members (excludes halogenated alkanes) is 21. The van der Waals surface area contributed by atoms with Crippen LogP contribution in [0.3, 0.4) is 0 Å². The summed E-state index contributed by atoms with van der Waals surface area (Å²) >= 11 is 0. The van der Waals surface area contributed by atoms with Gasteiger partial charge in [-0.3, -0.25) is 9.59 Å². The van der Waals surface area contributed by atoms with Crippen LogP contribution in [-0.4, -0.2) is 37.9 Å². The van der Waals surface area contributed by atoms with E-state index in [1.54, 1.807) is 0 Å². The highest BCUT2D eigenvalue weighted by Crippen LogP contribution is 2.13. The summed E-state index contributed by atoms with van der Waals surface area (Å²) in [5.74, 6) is -0.434. The maximum atomic E-state index is 12.7. The highest BCUT2D eigenvalue weighted by Gasteiger charge is 2.17. The van der Waals surface area contributed by atoms with Crippen molar-refractivity contribution in [2.45, 2.75) is 232 Å². The van der Waals surface area contributed by atoms with E-state index in [0.717, 1.165) is 89.9 Å². The summed E-state index contributed by atoms with van der Waals surface area (Å²) in [6, 6.07) is 0. The van der Waals surface area contributed by atoms with Crippen LogP contribution in [0.5, 0.6) is 0 Å². The Morgan fingerprint density at radius 1 is 0.397 bits per heavy atom. The molecular formula is C53H92O5. The normalized spacial score (nSPS) is 12.8. The van der Waals surface area contributed by atoms with Gasteiger partial charge < -0.3 is 14.2 Å². The zero-order chi connectivity index (χ0) is 42.1. The topological polar surface area (TPSA) is 61.8 Å². The summed E-state index contributed by atoms with van der Waals surface area (Å²) in [6.45, 7) is 7.61. The first kappa shape index (κ1) is 55.3. The lowest BCUT2D eigenvalue weighted by Crippen LogP contribution is -2.30. The molecule has 0 spiro atoms. The van der Waals surface area contributed by atoms with E-state index in [2.05, 4.69) is 93.7 Å². The first-order chi connectivity index (χ1) is 28.6. The molecule has 334 valence electrons. The molecule has 0 aromatic heterocycles. The van der Waals surface area contributed by atoms with Crippen molar-refractivity contribution in [1.82, 2.24) is 0 Å². The number of rotatable bonds is 44. The predicted molar refractivity (Wildman–Crippen MR) is 251 cm³/mol. The molecule has 58 heavy (non-hydrogen) atoms. The molecule has 5 heteroatoms. The average Bonchev–Trinajstić information content (AvgIpc) is 3.22. The second-order valence-corrected chi connectivity index (χ2v) is 16.0. The molecule has 0 saturated heterocycles. The molecule has 0 rings (SSSR count). The number of ether oxygens (including phenoxy) is 3. The minimum atomic E-state index is -0.554. The molecular weight excluding hydrogens is 717 g/mol. The van der Waals surface area contributed by atoms with E-state index in [4.69, 9.17) is 14.2 Å². The first-order valence-corrected chi connectivity index (χ1v) is 24.5. The Balaban J connectivity index is 4.30. The van der Waals surface area contributed by atoms with E-state index in [1.165, 1.54) is 103 Å². The molecule has 0 aromatic rings. The summed E-state index contributed by atoms with van der Waals surface area (Å²) in [5.41, 5.74) is 0. The Morgan fingerprint density at radius 3 is 1.31 bits per heavy atom. The lowest BCUT2D eigenvalue weighted by molar-refractivity contribution is -0.163. The smallest absolute Gasteiger partial charge is 0.306 e. The number of carbonyl (C=O) groups is 2. The molecule has 0 radical (unpaired) electrons. The largest absolute Gasteiger partial charge is 0.462 e. The molecule has 0 aromatic carbocycles. The van der Waals surface area contributed by atoms with Crippen LogP contribution in [0.25, 0.3) is 0 Å². The SMILES string of the molecule is CC/C=C\C/C=C\C/C=C\CCCCCCCC(=O)OCC(COCCCCCCCC/C=C\C/C=C\CCCCC)OC(=O)CCCCCCC/C=C\CCCC. The Labute approximate surface area is 359 Å². The predicted octanol–water partition coefficient (Wildman–Crippen LogP) is 16.3. The van der Waals surface area contributed by atoms with Crippen LogP contribution in [0.15, 0.2) is 72.9 Å². The van der Waals surface area contributed by atoms with Crippen molar-refractivity contribution in [1.29, 1.82) is 0 Å². The Hall–Kier alpha value is -2.66. The maximum Gasteiger partial charge on any atom is 0.306 e. The van der Waals surface area contributed by atoms with Crippen LogP contribution in [0.4, 0.5) is 0 Å². The molecule has 0 aliphatic carbocycles. The summed E-state index contributed by atoms with van der Waals surface area (Å²) in [4.78, 5) is 25.3. The van der Waals surface area contributed by atoms with Crippen molar-refractivity contribution >= 4 is 11.9 Å². The van der Waals surface area contributed by atoms with Crippen LogP contribution in [0.2, 0.25) is 0 Å². The fourth-order valence-corrected chi connectivity index (χ4v) is 6.53. The van der Waals surface area contributed by atoms with Gasteiger partial charge in [-0.05, 0) is 103 Å². The molecule has 1 atom stereocenters. The first-order valence-electron chi connectivity index (χ1n) is 24.5. The van der Waals surface area contributed by atoms with E-state index in [-0.39, 0.29) is 25.2 Å². The fourth-order valence-electron chi connectivity index (χ4n) is 6.53. The molecule has 0 fully saturated rings. The summed E-state index contributed by atoms with van der Waals surface area (Å²) in [7, 11) is 0. The highest BCUT2D eigenvalue weighted by atomic mass is 16.6. The van der Waals surface area contributed by atoms with Gasteiger partial charge in [0.1, 0.15) is 6.61 Å². The molecule has 0 bridgehead atoms. The third kappa shape index (κ3) is 46.0. The second kappa shape index (κ2) is 48.7. The van der Waals surface area contributed by atoms with Crippen LogP contribution in [0, 0.1) is 0 Å². The zero-order valence-corrected chi connectivity index (χ0v) is 38.3. The summed E-state index contributed by atoms with van der Waals surface area (Å²) < 4.78 is 17.3. The lowest BCUT2D eigenvalue weighted by atomic mass is 10.1. The number of allylic oxidation sites excluding steroid dienone is 12.